The Kier molecular flexibility index (Phi) is 8.10. The molecule has 0 radical (unpaired) electrons. The van der Waals surface area contributed by atoms with Crippen molar-refractivity contribution in [1.82, 2.24) is 0 Å². The van der Waals surface area contributed by atoms with Crippen LogP contribution in [0.5, 0.6) is 0 Å². The van der Waals surface area contributed by atoms with Gasteiger partial charge in [-0.25, -0.2) is 0 Å². The van der Waals surface area contributed by atoms with Gasteiger partial charge in [-0.15, -0.1) is 0 Å². The summed E-state index contributed by atoms with van der Waals surface area (Å²) in [5.74, 6) is 0. The molecule has 2 rings (SSSR count). The summed E-state index contributed by atoms with van der Waals surface area (Å²) in [7, 11) is 0. The van der Waals surface area contributed by atoms with Gasteiger partial charge in [-0.2, -0.15) is 0 Å². The Morgan fingerprint density at radius 2 is 1.57 bits per heavy atom. The van der Waals surface area contributed by atoms with E-state index in [1.54, 1.807) is 0 Å². The van der Waals surface area contributed by atoms with E-state index in [-0.39, 0.29) is 0 Å². The molecular formula is C21H26BrN. The Morgan fingerprint density at radius 3 is 2.30 bits per heavy atom. The van der Waals surface area contributed by atoms with Crippen LogP contribution in [0.15, 0.2) is 58.0 Å². The number of nitrogens with zero attached hydrogens (tertiary/aromatic N) is 1. The average molecular weight is 372 g/mol. The maximum Gasteiger partial charge on any atom is 0.0771 e. The van der Waals surface area contributed by atoms with Crippen molar-refractivity contribution in [2.24, 2.45) is 4.99 Å². The Morgan fingerprint density at radius 1 is 0.870 bits per heavy atom. The van der Waals surface area contributed by atoms with Gasteiger partial charge < -0.3 is 0 Å². The van der Waals surface area contributed by atoms with Crippen molar-refractivity contribution in [3.05, 3.63) is 64.1 Å². The van der Waals surface area contributed by atoms with Crippen molar-refractivity contribution in [2.45, 2.75) is 51.9 Å². The highest BCUT2D eigenvalue weighted by Gasteiger charge is 1.97. The molecule has 0 spiro atoms. The molecule has 0 aliphatic carbocycles. The van der Waals surface area contributed by atoms with Gasteiger partial charge in [0.25, 0.3) is 0 Å². The number of para-hydroxylation sites is 1. The van der Waals surface area contributed by atoms with Gasteiger partial charge in [-0.1, -0.05) is 75.4 Å². The van der Waals surface area contributed by atoms with Gasteiger partial charge >= 0.3 is 0 Å². The zero-order valence-corrected chi connectivity index (χ0v) is 15.6. The van der Waals surface area contributed by atoms with E-state index in [4.69, 9.17) is 0 Å². The number of unbranched alkanes of at least 4 members (excludes halogenated alkanes) is 5. The minimum Gasteiger partial charge on any atom is -0.255 e. The second-order valence-corrected chi connectivity index (χ2v) is 6.82. The molecule has 0 aliphatic heterocycles. The van der Waals surface area contributed by atoms with E-state index in [9.17, 15) is 0 Å². The molecule has 0 saturated heterocycles. The first-order valence-corrected chi connectivity index (χ1v) is 9.46. The third-order valence-corrected chi connectivity index (χ3v) is 4.67. The van der Waals surface area contributed by atoms with Crippen LogP contribution in [0.1, 0.15) is 56.6 Å². The maximum absolute atomic E-state index is 4.54. The van der Waals surface area contributed by atoms with Gasteiger partial charge in [0.1, 0.15) is 0 Å². The van der Waals surface area contributed by atoms with Crippen LogP contribution in [-0.4, -0.2) is 6.21 Å². The smallest absolute Gasteiger partial charge is 0.0771 e. The highest BCUT2D eigenvalue weighted by Crippen LogP contribution is 2.24. The lowest BCUT2D eigenvalue weighted by atomic mass is 10.0. The van der Waals surface area contributed by atoms with Crippen LogP contribution in [0.2, 0.25) is 0 Å². The molecule has 23 heavy (non-hydrogen) atoms. The number of rotatable bonds is 9. The third-order valence-electron chi connectivity index (χ3n) is 4.00. The van der Waals surface area contributed by atoms with Crippen LogP contribution < -0.4 is 0 Å². The number of hydrogen-bond donors (Lipinski definition) is 0. The Bertz CT molecular complexity index is 601. The Balaban J connectivity index is 1.79. The number of aliphatic imine (C=N–C) groups is 1. The van der Waals surface area contributed by atoms with E-state index >= 15 is 0 Å². The van der Waals surface area contributed by atoms with Gasteiger partial charge in [0.2, 0.25) is 0 Å². The monoisotopic (exact) mass is 371 g/mol. The summed E-state index contributed by atoms with van der Waals surface area (Å²) >= 11 is 3.52. The molecule has 0 bridgehead atoms. The first-order valence-electron chi connectivity index (χ1n) is 8.67. The summed E-state index contributed by atoms with van der Waals surface area (Å²) in [6.07, 6.45) is 11.2. The summed E-state index contributed by atoms with van der Waals surface area (Å²) in [5.41, 5.74) is 3.54. The zero-order chi connectivity index (χ0) is 16.3. The van der Waals surface area contributed by atoms with Crippen LogP contribution in [0.25, 0.3) is 0 Å². The number of aryl methyl sites for hydroxylation is 1. The molecule has 2 aromatic rings. The Hall–Kier alpha value is -1.41. The predicted molar refractivity (Wildman–Crippen MR) is 105 cm³/mol. The molecule has 0 aromatic heterocycles. The van der Waals surface area contributed by atoms with E-state index in [2.05, 4.69) is 52.1 Å². The quantitative estimate of drug-likeness (QED) is 0.329. The van der Waals surface area contributed by atoms with E-state index < -0.39 is 0 Å². The van der Waals surface area contributed by atoms with Crippen LogP contribution >= 0.6 is 15.9 Å². The molecule has 2 aromatic carbocycles. The summed E-state index contributed by atoms with van der Waals surface area (Å²) in [4.78, 5) is 4.54. The lowest BCUT2D eigenvalue weighted by Crippen LogP contribution is -1.88. The van der Waals surface area contributed by atoms with Crippen LogP contribution in [0.4, 0.5) is 5.69 Å². The second-order valence-electron chi connectivity index (χ2n) is 5.97. The van der Waals surface area contributed by atoms with Crippen molar-refractivity contribution < 1.29 is 0 Å². The highest BCUT2D eigenvalue weighted by atomic mass is 79.9. The molecule has 0 amide bonds. The molecule has 122 valence electrons. The molecule has 0 fully saturated rings. The number of hydrogen-bond acceptors (Lipinski definition) is 1. The SMILES string of the molecule is CCCCCCCCc1ccc(/C=N/c2ccccc2Br)cc1. The van der Waals surface area contributed by atoms with Crippen LogP contribution in [0.3, 0.4) is 0 Å². The lowest BCUT2D eigenvalue weighted by molar-refractivity contribution is 0.607. The van der Waals surface area contributed by atoms with E-state index in [0.717, 1.165) is 15.7 Å². The fourth-order valence-electron chi connectivity index (χ4n) is 2.58. The molecule has 0 saturated carbocycles. The van der Waals surface area contributed by atoms with E-state index in [0.29, 0.717) is 0 Å². The topological polar surface area (TPSA) is 12.4 Å². The van der Waals surface area contributed by atoms with Crippen molar-refractivity contribution in [2.75, 3.05) is 0 Å². The predicted octanol–water partition coefficient (Wildman–Crippen LogP) is 7.10. The third kappa shape index (κ3) is 6.70. The van der Waals surface area contributed by atoms with E-state index in [1.807, 2.05) is 30.5 Å². The van der Waals surface area contributed by atoms with Crippen LogP contribution in [0, 0.1) is 0 Å². The minimum absolute atomic E-state index is 0.962. The molecule has 0 unspecified atom stereocenters. The van der Waals surface area contributed by atoms with Gasteiger partial charge in [-0.05, 0) is 52.0 Å². The normalized spacial score (nSPS) is 11.2. The second kappa shape index (κ2) is 10.4. The summed E-state index contributed by atoms with van der Waals surface area (Å²) in [6.45, 7) is 2.27. The fourth-order valence-corrected chi connectivity index (χ4v) is 2.97. The standard InChI is InChI=1S/C21H26BrN/c1-2-3-4-5-6-7-10-18-13-15-19(16-14-18)17-23-21-12-9-8-11-20(21)22/h8-9,11-17H,2-7,10H2,1H3/b23-17+. The highest BCUT2D eigenvalue weighted by molar-refractivity contribution is 9.10. The summed E-state index contributed by atoms with van der Waals surface area (Å²) < 4.78 is 1.02. The van der Waals surface area contributed by atoms with Crippen LogP contribution in [-0.2, 0) is 6.42 Å². The maximum atomic E-state index is 4.54. The van der Waals surface area contributed by atoms with E-state index in [1.165, 1.54) is 50.5 Å². The van der Waals surface area contributed by atoms with Gasteiger partial charge in [-0.3, -0.25) is 4.99 Å². The number of benzene rings is 2. The van der Waals surface area contributed by atoms with Gasteiger partial charge in [0.05, 0.1) is 5.69 Å². The van der Waals surface area contributed by atoms with Crippen molar-refractivity contribution in [3.63, 3.8) is 0 Å². The van der Waals surface area contributed by atoms with Crippen molar-refractivity contribution in [3.8, 4) is 0 Å². The lowest BCUT2D eigenvalue weighted by Gasteiger charge is -2.03. The van der Waals surface area contributed by atoms with Crippen molar-refractivity contribution >= 4 is 27.8 Å². The zero-order valence-electron chi connectivity index (χ0n) is 14.0. The van der Waals surface area contributed by atoms with Crippen molar-refractivity contribution in [1.29, 1.82) is 0 Å². The first kappa shape index (κ1) is 17.9. The molecule has 0 atom stereocenters. The average Bonchev–Trinajstić information content (AvgIpc) is 2.58. The number of halogens is 1. The molecular weight excluding hydrogens is 346 g/mol. The molecule has 1 nitrogen and oxygen atoms in total. The molecule has 0 N–H and O–H groups in total. The minimum atomic E-state index is 0.962. The fraction of sp³-hybridized carbons (Fsp3) is 0.381. The Labute approximate surface area is 149 Å². The molecule has 0 aliphatic rings. The largest absolute Gasteiger partial charge is 0.255 e. The summed E-state index contributed by atoms with van der Waals surface area (Å²) in [5, 5.41) is 0. The van der Waals surface area contributed by atoms with Gasteiger partial charge in [0, 0.05) is 10.7 Å². The molecule has 2 heteroatoms. The first-order chi connectivity index (χ1) is 11.3. The van der Waals surface area contributed by atoms with Gasteiger partial charge in [0.15, 0.2) is 0 Å². The molecule has 0 heterocycles. The summed E-state index contributed by atoms with van der Waals surface area (Å²) in [6, 6.07) is 16.8.